The van der Waals surface area contributed by atoms with Crippen molar-refractivity contribution in [1.82, 2.24) is 4.98 Å². The fourth-order valence-electron chi connectivity index (χ4n) is 3.80. The molecule has 3 heteroatoms. The molecule has 0 spiro atoms. The third-order valence-corrected chi connectivity index (χ3v) is 5.06. The van der Waals surface area contributed by atoms with Crippen molar-refractivity contribution in [3.63, 3.8) is 0 Å². The van der Waals surface area contributed by atoms with Crippen LogP contribution in [0.4, 0.5) is 0 Å². The quantitative estimate of drug-likeness (QED) is 0.391. The lowest BCUT2D eigenvalue weighted by atomic mass is 10.0. The first-order valence-corrected chi connectivity index (χ1v) is 8.79. The Balaban J connectivity index is 1.91. The number of hydrogen-bond donors (Lipinski definition) is 0. The van der Waals surface area contributed by atoms with Crippen molar-refractivity contribution in [1.29, 1.82) is 0 Å². The highest BCUT2D eigenvalue weighted by atomic mass is 16.3. The molecule has 0 aliphatic heterocycles. The molecular formula is C23H19N2O+. The first kappa shape index (κ1) is 15.1. The summed E-state index contributed by atoms with van der Waals surface area (Å²) in [6, 6.07) is 17.1. The van der Waals surface area contributed by atoms with Crippen molar-refractivity contribution in [2.75, 3.05) is 0 Å². The number of hydrogen-bond acceptors (Lipinski definition) is 2. The van der Waals surface area contributed by atoms with Gasteiger partial charge in [0.1, 0.15) is 17.3 Å². The lowest BCUT2D eigenvalue weighted by molar-refractivity contribution is -0.663. The first-order valence-electron chi connectivity index (χ1n) is 8.79. The van der Waals surface area contributed by atoms with Crippen molar-refractivity contribution < 1.29 is 8.98 Å². The Hall–Kier alpha value is -3.20. The Morgan fingerprint density at radius 1 is 0.923 bits per heavy atom. The zero-order valence-corrected chi connectivity index (χ0v) is 15.1. The van der Waals surface area contributed by atoms with Crippen LogP contribution in [0.3, 0.4) is 0 Å². The predicted octanol–water partition coefficient (Wildman–Crippen LogP) is 5.24. The van der Waals surface area contributed by atoms with E-state index in [0.717, 1.165) is 44.5 Å². The maximum atomic E-state index is 6.36. The SMILES string of the molecule is Cc1cnc(-c2c(C)ccc3c2oc2cc4ccccc4cc23)[n+](C)c1. The van der Waals surface area contributed by atoms with Gasteiger partial charge in [-0.1, -0.05) is 36.4 Å². The summed E-state index contributed by atoms with van der Waals surface area (Å²) < 4.78 is 8.43. The molecule has 0 N–H and O–H groups in total. The average molecular weight is 339 g/mol. The standard InChI is InChI=1S/C23H19N2O/c1-14-12-24-23(25(3)13-14)21-15(2)8-9-18-19-10-16-6-4-5-7-17(16)11-20(19)26-22(18)21/h4-13H,1-3H3/q+1. The van der Waals surface area contributed by atoms with Crippen LogP contribution < -0.4 is 4.57 Å². The highest BCUT2D eigenvalue weighted by Gasteiger charge is 2.22. The van der Waals surface area contributed by atoms with E-state index in [1.54, 1.807) is 0 Å². The van der Waals surface area contributed by atoms with Crippen LogP contribution in [0.25, 0.3) is 44.1 Å². The molecule has 2 heterocycles. The van der Waals surface area contributed by atoms with Crippen LogP contribution in [-0.4, -0.2) is 4.98 Å². The molecule has 0 amide bonds. The number of rotatable bonds is 1. The van der Waals surface area contributed by atoms with E-state index in [1.807, 2.05) is 13.2 Å². The lowest BCUT2D eigenvalue weighted by Gasteiger charge is -2.04. The number of furan rings is 1. The third-order valence-electron chi connectivity index (χ3n) is 5.06. The number of fused-ring (bicyclic) bond motifs is 4. The van der Waals surface area contributed by atoms with E-state index in [-0.39, 0.29) is 0 Å². The van der Waals surface area contributed by atoms with Gasteiger partial charge in [0.25, 0.3) is 0 Å². The summed E-state index contributed by atoms with van der Waals surface area (Å²) in [5.41, 5.74) is 5.18. The fraction of sp³-hybridized carbons (Fsp3) is 0.130. The Labute approximate surface area is 151 Å². The van der Waals surface area contributed by atoms with Gasteiger partial charge in [-0.25, -0.2) is 4.57 Å². The van der Waals surface area contributed by atoms with Gasteiger partial charge in [-0.15, -0.1) is 0 Å². The van der Waals surface area contributed by atoms with Gasteiger partial charge >= 0.3 is 5.82 Å². The minimum atomic E-state index is 0.905. The van der Waals surface area contributed by atoms with Crippen molar-refractivity contribution >= 4 is 32.7 Å². The lowest BCUT2D eigenvalue weighted by Crippen LogP contribution is -2.32. The Kier molecular flexibility index (Phi) is 3.13. The van der Waals surface area contributed by atoms with Crippen molar-refractivity contribution in [2.45, 2.75) is 13.8 Å². The van der Waals surface area contributed by atoms with E-state index in [0.29, 0.717) is 0 Å². The molecule has 0 aliphatic carbocycles. The molecule has 2 aromatic heterocycles. The van der Waals surface area contributed by atoms with Crippen LogP contribution in [0, 0.1) is 13.8 Å². The molecule has 0 saturated heterocycles. The van der Waals surface area contributed by atoms with Gasteiger partial charge in [0.15, 0.2) is 5.58 Å². The van der Waals surface area contributed by atoms with Gasteiger partial charge < -0.3 is 4.42 Å². The molecule has 26 heavy (non-hydrogen) atoms. The normalized spacial score (nSPS) is 11.7. The second-order valence-electron chi connectivity index (χ2n) is 7.00. The predicted molar refractivity (Wildman–Crippen MR) is 105 cm³/mol. The van der Waals surface area contributed by atoms with Crippen LogP contribution in [0.1, 0.15) is 11.1 Å². The molecule has 0 unspecified atom stereocenters. The summed E-state index contributed by atoms with van der Waals surface area (Å²) in [4.78, 5) is 4.69. The Morgan fingerprint density at radius 2 is 1.69 bits per heavy atom. The topological polar surface area (TPSA) is 29.9 Å². The summed E-state index contributed by atoms with van der Waals surface area (Å²) in [5, 5.41) is 4.70. The van der Waals surface area contributed by atoms with Crippen molar-refractivity contribution in [3.8, 4) is 11.4 Å². The van der Waals surface area contributed by atoms with Crippen LogP contribution in [0.5, 0.6) is 0 Å². The van der Waals surface area contributed by atoms with Crippen LogP contribution in [0.2, 0.25) is 0 Å². The molecule has 3 nitrogen and oxygen atoms in total. The van der Waals surface area contributed by atoms with Gasteiger partial charge in [-0.2, -0.15) is 0 Å². The van der Waals surface area contributed by atoms with E-state index in [2.05, 4.69) is 78.1 Å². The third kappa shape index (κ3) is 2.14. The summed E-state index contributed by atoms with van der Waals surface area (Å²) in [6.45, 7) is 4.16. The summed E-state index contributed by atoms with van der Waals surface area (Å²) >= 11 is 0. The monoisotopic (exact) mass is 339 g/mol. The van der Waals surface area contributed by atoms with Gasteiger partial charge in [0.05, 0.1) is 13.2 Å². The van der Waals surface area contributed by atoms with Gasteiger partial charge in [0.2, 0.25) is 0 Å². The molecule has 5 rings (SSSR count). The zero-order chi connectivity index (χ0) is 17.8. The molecule has 0 atom stereocenters. The molecule has 126 valence electrons. The van der Waals surface area contributed by atoms with E-state index < -0.39 is 0 Å². The van der Waals surface area contributed by atoms with Crippen LogP contribution >= 0.6 is 0 Å². The zero-order valence-electron chi connectivity index (χ0n) is 15.1. The van der Waals surface area contributed by atoms with Crippen molar-refractivity contribution in [2.24, 2.45) is 7.05 Å². The summed E-state index contributed by atoms with van der Waals surface area (Å²) in [5.74, 6) is 0.919. The van der Waals surface area contributed by atoms with Crippen LogP contribution in [-0.2, 0) is 7.05 Å². The minimum Gasteiger partial charge on any atom is -0.455 e. The van der Waals surface area contributed by atoms with Gasteiger partial charge in [-0.3, -0.25) is 0 Å². The summed E-state index contributed by atoms with van der Waals surface area (Å²) in [6.07, 6.45) is 4.00. The number of aromatic nitrogens is 2. The van der Waals surface area contributed by atoms with E-state index in [9.17, 15) is 0 Å². The van der Waals surface area contributed by atoms with E-state index in [1.165, 1.54) is 10.8 Å². The maximum absolute atomic E-state index is 6.36. The smallest absolute Gasteiger partial charge is 0.334 e. The van der Waals surface area contributed by atoms with Crippen LogP contribution in [0.15, 0.2) is 65.3 Å². The maximum Gasteiger partial charge on any atom is 0.334 e. The van der Waals surface area contributed by atoms with Gasteiger partial charge in [0, 0.05) is 16.3 Å². The molecule has 0 bridgehead atoms. The van der Waals surface area contributed by atoms with E-state index in [4.69, 9.17) is 4.42 Å². The first-order chi connectivity index (χ1) is 12.6. The number of nitrogens with zero attached hydrogens (tertiary/aromatic N) is 2. The highest BCUT2D eigenvalue weighted by molar-refractivity contribution is 6.13. The van der Waals surface area contributed by atoms with E-state index >= 15 is 0 Å². The fourth-order valence-corrected chi connectivity index (χ4v) is 3.80. The van der Waals surface area contributed by atoms with Gasteiger partial charge in [-0.05, 0) is 47.3 Å². The number of aryl methyl sites for hydroxylation is 3. The van der Waals surface area contributed by atoms with Crippen molar-refractivity contribution in [3.05, 3.63) is 72.1 Å². The molecule has 0 aliphatic rings. The summed E-state index contributed by atoms with van der Waals surface area (Å²) in [7, 11) is 2.03. The molecule has 3 aromatic carbocycles. The molecule has 0 radical (unpaired) electrons. The molecular weight excluding hydrogens is 320 g/mol. The average Bonchev–Trinajstić information content (AvgIpc) is 2.98. The molecule has 0 saturated carbocycles. The number of benzene rings is 3. The second kappa shape index (κ2) is 5.40. The Morgan fingerprint density at radius 3 is 2.46 bits per heavy atom. The molecule has 5 aromatic rings. The largest absolute Gasteiger partial charge is 0.455 e. The minimum absolute atomic E-state index is 0.905. The molecule has 0 fully saturated rings. The second-order valence-corrected chi connectivity index (χ2v) is 7.00. The Bertz CT molecular complexity index is 1310. The highest BCUT2D eigenvalue weighted by Crippen LogP contribution is 2.37.